The molecule has 0 saturated carbocycles. The van der Waals surface area contributed by atoms with E-state index in [2.05, 4.69) is 0 Å². The lowest BCUT2D eigenvalue weighted by Crippen LogP contribution is -1.84. The number of hydrogen-bond acceptors (Lipinski definition) is 1. The van der Waals surface area contributed by atoms with Gasteiger partial charge in [-0.2, -0.15) is 0 Å². The van der Waals surface area contributed by atoms with Gasteiger partial charge in [0, 0.05) is 10.7 Å². The number of rotatable bonds is 1. The van der Waals surface area contributed by atoms with Crippen molar-refractivity contribution >= 4 is 17.3 Å². The van der Waals surface area contributed by atoms with Gasteiger partial charge in [0.2, 0.25) is 0 Å². The van der Waals surface area contributed by atoms with Gasteiger partial charge in [0.25, 0.3) is 0 Å². The van der Waals surface area contributed by atoms with Crippen molar-refractivity contribution < 1.29 is 0 Å². The Morgan fingerprint density at radius 3 is 2.21 bits per heavy atom. The van der Waals surface area contributed by atoms with Crippen LogP contribution in [0.15, 0.2) is 48.5 Å². The van der Waals surface area contributed by atoms with E-state index in [0.29, 0.717) is 0 Å². The fraction of sp³-hybridized carbons (Fsp3) is 0. The second-order valence-electron chi connectivity index (χ2n) is 3.13. The molecule has 2 heteroatoms. The maximum atomic E-state index is 5.81. The molecular weight excluding hydrogens is 194 g/mol. The van der Waals surface area contributed by atoms with Crippen LogP contribution < -0.4 is 5.73 Å². The maximum absolute atomic E-state index is 5.81. The zero-order valence-electron chi connectivity index (χ0n) is 7.57. The number of benzene rings is 2. The lowest BCUT2D eigenvalue weighted by Gasteiger charge is -2.02. The van der Waals surface area contributed by atoms with Crippen LogP contribution in [0.25, 0.3) is 11.1 Å². The van der Waals surface area contributed by atoms with Crippen LogP contribution in [-0.2, 0) is 0 Å². The molecule has 0 aromatic heterocycles. The van der Waals surface area contributed by atoms with Crippen LogP contribution in [0.1, 0.15) is 0 Å². The fourth-order valence-electron chi connectivity index (χ4n) is 1.36. The van der Waals surface area contributed by atoms with E-state index in [4.69, 9.17) is 17.3 Å². The van der Waals surface area contributed by atoms with Crippen LogP contribution >= 0.6 is 11.6 Å². The van der Waals surface area contributed by atoms with Crippen molar-refractivity contribution in [2.75, 3.05) is 5.73 Å². The molecule has 0 amide bonds. The minimum absolute atomic E-state index is 0.748. The fourth-order valence-corrected chi connectivity index (χ4v) is 1.49. The molecule has 0 saturated heterocycles. The summed E-state index contributed by atoms with van der Waals surface area (Å²) < 4.78 is 0. The van der Waals surface area contributed by atoms with Gasteiger partial charge in [-0.15, -0.1) is 0 Å². The van der Waals surface area contributed by atoms with Crippen molar-refractivity contribution in [3.05, 3.63) is 53.6 Å². The molecular formula is C12H10ClN. The topological polar surface area (TPSA) is 26.0 Å². The predicted molar refractivity (Wildman–Crippen MR) is 61.3 cm³/mol. The van der Waals surface area contributed by atoms with E-state index in [9.17, 15) is 0 Å². The molecule has 0 aliphatic rings. The standard InChI is InChI=1S/C12H10ClN/c13-11-6-4-9(5-7-11)10-2-1-3-12(14)8-10/h1-8H,14H2. The van der Waals surface area contributed by atoms with Crippen LogP contribution in [0.2, 0.25) is 5.02 Å². The molecule has 14 heavy (non-hydrogen) atoms. The van der Waals surface area contributed by atoms with Gasteiger partial charge in [0.15, 0.2) is 0 Å². The first-order chi connectivity index (χ1) is 6.75. The Morgan fingerprint density at radius 2 is 1.57 bits per heavy atom. The van der Waals surface area contributed by atoms with E-state index in [1.807, 2.05) is 48.5 Å². The average molecular weight is 204 g/mol. The van der Waals surface area contributed by atoms with E-state index in [-0.39, 0.29) is 0 Å². The molecule has 0 fully saturated rings. The normalized spacial score (nSPS) is 10.1. The molecule has 0 atom stereocenters. The molecule has 1 nitrogen and oxygen atoms in total. The minimum atomic E-state index is 0.748. The highest BCUT2D eigenvalue weighted by Gasteiger charge is 1.96. The molecule has 2 N–H and O–H groups in total. The van der Waals surface area contributed by atoms with Gasteiger partial charge >= 0.3 is 0 Å². The van der Waals surface area contributed by atoms with E-state index < -0.39 is 0 Å². The lowest BCUT2D eigenvalue weighted by molar-refractivity contribution is 1.61. The first kappa shape index (κ1) is 9.10. The second kappa shape index (κ2) is 3.72. The lowest BCUT2D eigenvalue weighted by atomic mass is 10.1. The molecule has 0 radical (unpaired) electrons. The van der Waals surface area contributed by atoms with Gasteiger partial charge in [-0.3, -0.25) is 0 Å². The smallest absolute Gasteiger partial charge is 0.0406 e. The third kappa shape index (κ3) is 1.88. The maximum Gasteiger partial charge on any atom is 0.0406 e. The molecule has 0 bridgehead atoms. The summed E-state index contributed by atoms with van der Waals surface area (Å²) in [5, 5.41) is 0.748. The number of anilines is 1. The van der Waals surface area contributed by atoms with E-state index in [1.165, 1.54) is 0 Å². The Hall–Kier alpha value is -1.47. The van der Waals surface area contributed by atoms with Crippen LogP contribution in [0, 0.1) is 0 Å². The Bertz CT molecular complexity index is 434. The number of nitrogen functional groups attached to an aromatic ring is 1. The molecule has 70 valence electrons. The van der Waals surface area contributed by atoms with Crippen molar-refractivity contribution in [1.29, 1.82) is 0 Å². The summed E-state index contributed by atoms with van der Waals surface area (Å²) in [5.41, 5.74) is 8.71. The summed E-state index contributed by atoms with van der Waals surface area (Å²) in [6.07, 6.45) is 0. The predicted octanol–water partition coefficient (Wildman–Crippen LogP) is 3.59. The van der Waals surface area contributed by atoms with Gasteiger partial charge in [-0.05, 0) is 35.4 Å². The van der Waals surface area contributed by atoms with Gasteiger partial charge in [-0.1, -0.05) is 35.9 Å². The number of hydrogen-bond donors (Lipinski definition) is 1. The Balaban J connectivity index is 2.44. The molecule has 2 aromatic carbocycles. The highest BCUT2D eigenvalue weighted by Crippen LogP contribution is 2.22. The summed E-state index contributed by atoms with van der Waals surface area (Å²) in [4.78, 5) is 0. The van der Waals surface area contributed by atoms with Gasteiger partial charge in [0.1, 0.15) is 0 Å². The van der Waals surface area contributed by atoms with E-state index >= 15 is 0 Å². The van der Waals surface area contributed by atoms with E-state index in [0.717, 1.165) is 21.8 Å². The van der Waals surface area contributed by atoms with Gasteiger partial charge in [0.05, 0.1) is 0 Å². The van der Waals surface area contributed by atoms with Crippen molar-refractivity contribution in [3.8, 4) is 11.1 Å². The Morgan fingerprint density at radius 1 is 0.857 bits per heavy atom. The van der Waals surface area contributed by atoms with Crippen molar-refractivity contribution in [3.63, 3.8) is 0 Å². The zero-order valence-corrected chi connectivity index (χ0v) is 8.33. The number of halogens is 1. The monoisotopic (exact) mass is 203 g/mol. The third-order valence-electron chi connectivity index (χ3n) is 2.06. The van der Waals surface area contributed by atoms with Crippen LogP contribution in [0.4, 0.5) is 5.69 Å². The molecule has 2 aromatic rings. The summed E-state index contributed by atoms with van der Waals surface area (Å²) in [5.74, 6) is 0. The van der Waals surface area contributed by atoms with Gasteiger partial charge in [-0.25, -0.2) is 0 Å². The Labute approximate surface area is 88.1 Å². The highest BCUT2D eigenvalue weighted by atomic mass is 35.5. The van der Waals surface area contributed by atoms with Crippen molar-refractivity contribution in [2.24, 2.45) is 0 Å². The van der Waals surface area contributed by atoms with Crippen molar-refractivity contribution in [1.82, 2.24) is 0 Å². The summed E-state index contributed by atoms with van der Waals surface area (Å²) in [6, 6.07) is 15.5. The largest absolute Gasteiger partial charge is 0.399 e. The van der Waals surface area contributed by atoms with Crippen molar-refractivity contribution in [2.45, 2.75) is 0 Å². The highest BCUT2D eigenvalue weighted by molar-refractivity contribution is 6.30. The van der Waals surface area contributed by atoms with Crippen LogP contribution in [0.3, 0.4) is 0 Å². The molecule has 0 unspecified atom stereocenters. The Kier molecular flexibility index (Phi) is 2.42. The molecule has 0 aliphatic carbocycles. The average Bonchev–Trinajstić information content (AvgIpc) is 2.19. The van der Waals surface area contributed by atoms with Crippen LogP contribution in [0.5, 0.6) is 0 Å². The summed E-state index contributed by atoms with van der Waals surface area (Å²) in [7, 11) is 0. The zero-order chi connectivity index (χ0) is 9.97. The quantitative estimate of drug-likeness (QED) is 0.705. The third-order valence-corrected chi connectivity index (χ3v) is 2.32. The molecule has 0 spiro atoms. The number of nitrogens with two attached hydrogens (primary N) is 1. The van der Waals surface area contributed by atoms with Gasteiger partial charge < -0.3 is 5.73 Å². The summed E-state index contributed by atoms with van der Waals surface area (Å²) in [6.45, 7) is 0. The first-order valence-electron chi connectivity index (χ1n) is 4.37. The van der Waals surface area contributed by atoms with Crippen LogP contribution in [-0.4, -0.2) is 0 Å². The SMILES string of the molecule is Nc1cccc(-c2ccc(Cl)cc2)c1. The summed E-state index contributed by atoms with van der Waals surface area (Å²) >= 11 is 5.81. The minimum Gasteiger partial charge on any atom is -0.399 e. The first-order valence-corrected chi connectivity index (χ1v) is 4.75. The molecule has 0 aliphatic heterocycles. The second-order valence-corrected chi connectivity index (χ2v) is 3.57. The van der Waals surface area contributed by atoms with E-state index in [1.54, 1.807) is 0 Å². The molecule has 0 heterocycles. The molecule has 2 rings (SSSR count).